The summed E-state index contributed by atoms with van der Waals surface area (Å²) in [5.74, 6) is -0.600. The Hall–Kier alpha value is -2.91. The highest BCUT2D eigenvalue weighted by atomic mass is 16.7. The van der Waals surface area contributed by atoms with Crippen LogP contribution in [0.15, 0.2) is 91.0 Å². The summed E-state index contributed by atoms with van der Waals surface area (Å²) < 4.78 is 24.5. The summed E-state index contributed by atoms with van der Waals surface area (Å²) >= 11 is 0. The second-order valence-corrected chi connectivity index (χ2v) is 10.9. The molecule has 1 heterocycles. The van der Waals surface area contributed by atoms with Gasteiger partial charge in [0.15, 0.2) is 12.1 Å². The van der Waals surface area contributed by atoms with Crippen LogP contribution < -0.4 is 0 Å². The highest BCUT2D eigenvalue weighted by Gasteiger charge is 2.62. The standard InChI is InChI=1S/C32H38O7/c1-31(2,3)29(33)32(35)28(38-21-25-17-11-6-12-18-25)27(37-20-24-15-9-5-10-16-24)26(39-30(32)34)22-36-19-23-13-7-4-8-14-23/h4-18,26-28,30,34-35H,19-22H2,1-3H3/t26-,27-,28+,30+,32+/m1/s1. The van der Waals surface area contributed by atoms with E-state index in [4.69, 9.17) is 18.9 Å². The molecule has 0 amide bonds. The van der Waals surface area contributed by atoms with Crippen molar-refractivity contribution in [2.75, 3.05) is 6.61 Å². The molecular weight excluding hydrogens is 496 g/mol. The number of carbonyl (C=O) groups excluding carboxylic acids is 1. The molecule has 0 unspecified atom stereocenters. The Morgan fingerprint density at radius 1 is 0.795 bits per heavy atom. The lowest BCUT2D eigenvalue weighted by Crippen LogP contribution is -2.72. The maximum atomic E-state index is 13.6. The Kier molecular flexibility index (Phi) is 9.67. The first-order valence-corrected chi connectivity index (χ1v) is 13.2. The van der Waals surface area contributed by atoms with Gasteiger partial charge in [-0.2, -0.15) is 0 Å². The van der Waals surface area contributed by atoms with Gasteiger partial charge in [0.05, 0.1) is 26.4 Å². The number of carbonyl (C=O) groups is 1. The van der Waals surface area contributed by atoms with Gasteiger partial charge in [0.25, 0.3) is 0 Å². The van der Waals surface area contributed by atoms with E-state index in [9.17, 15) is 15.0 Å². The number of aliphatic hydroxyl groups is 2. The molecule has 0 saturated carbocycles. The van der Waals surface area contributed by atoms with E-state index in [0.717, 1.165) is 16.7 Å². The molecule has 4 rings (SSSR count). The van der Waals surface area contributed by atoms with E-state index < -0.39 is 41.4 Å². The van der Waals surface area contributed by atoms with Crippen LogP contribution in [0.3, 0.4) is 0 Å². The SMILES string of the molecule is CC(C)(C)C(=O)[C@]1(O)[C@@H](O)O[C@H](COCc2ccccc2)[C@@H](OCc2ccccc2)[C@@H]1OCc1ccccc1. The number of ether oxygens (including phenoxy) is 4. The molecule has 0 aliphatic carbocycles. The van der Waals surface area contributed by atoms with Gasteiger partial charge >= 0.3 is 0 Å². The molecule has 0 aromatic heterocycles. The molecule has 7 heteroatoms. The van der Waals surface area contributed by atoms with Gasteiger partial charge < -0.3 is 29.2 Å². The number of Topliss-reactive ketones (excluding diaryl/α,β-unsaturated/α-hetero) is 1. The molecule has 1 fully saturated rings. The molecule has 0 radical (unpaired) electrons. The van der Waals surface area contributed by atoms with E-state index in [1.54, 1.807) is 20.8 Å². The zero-order chi connectivity index (χ0) is 27.9. The van der Waals surface area contributed by atoms with Crippen LogP contribution in [0, 0.1) is 5.41 Å². The van der Waals surface area contributed by atoms with E-state index in [1.807, 2.05) is 91.0 Å². The second-order valence-electron chi connectivity index (χ2n) is 10.9. The number of ketones is 1. The molecule has 5 atom stereocenters. The van der Waals surface area contributed by atoms with Gasteiger partial charge in [0.2, 0.25) is 5.60 Å². The lowest BCUT2D eigenvalue weighted by molar-refractivity contribution is -0.336. The number of hydrogen-bond donors (Lipinski definition) is 2. The van der Waals surface area contributed by atoms with Crippen LogP contribution in [-0.4, -0.2) is 52.8 Å². The predicted molar refractivity (Wildman–Crippen MR) is 146 cm³/mol. The van der Waals surface area contributed by atoms with E-state index in [-0.39, 0.29) is 19.8 Å². The normalized spacial score (nSPS) is 25.4. The van der Waals surface area contributed by atoms with Crippen LogP contribution in [-0.2, 0) is 43.6 Å². The van der Waals surface area contributed by atoms with Crippen molar-refractivity contribution in [3.63, 3.8) is 0 Å². The summed E-state index contributed by atoms with van der Waals surface area (Å²) in [5, 5.41) is 23.0. The molecule has 39 heavy (non-hydrogen) atoms. The molecule has 7 nitrogen and oxygen atoms in total. The quantitative estimate of drug-likeness (QED) is 0.376. The van der Waals surface area contributed by atoms with Crippen LogP contribution in [0.1, 0.15) is 37.5 Å². The molecular formula is C32H38O7. The van der Waals surface area contributed by atoms with Gasteiger partial charge in [-0.1, -0.05) is 112 Å². The van der Waals surface area contributed by atoms with E-state index in [1.165, 1.54) is 0 Å². The fraction of sp³-hybridized carbons (Fsp3) is 0.406. The minimum absolute atomic E-state index is 0.0520. The minimum atomic E-state index is -2.37. The van der Waals surface area contributed by atoms with Crippen LogP contribution in [0.4, 0.5) is 0 Å². The van der Waals surface area contributed by atoms with Crippen LogP contribution in [0.2, 0.25) is 0 Å². The maximum absolute atomic E-state index is 13.6. The fourth-order valence-corrected chi connectivity index (χ4v) is 4.72. The zero-order valence-corrected chi connectivity index (χ0v) is 22.7. The van der Waals surface area contributed by atoms with Crippen molar-refractivity contribution in [3.8, 4) is 0 Å². The lowest BCUT2D eigenvalue weighted by Gasteiger charge is -2.50. The molecule has 1 aliphatic rings. The molecule has 1 saturated heterocycles. The second kappa shape index (κ2) is 13.0. The number of rotatable bonds is 11. The summed E-state index contributed by atoms with van der Waals surface area (Å²) in [4.78, 5) is 13.6. The first kappa shape index (κ1) is 29.1. The maximum Gasteiger partial charge on any atom is 0.203 e. The van der Waals surface area contributed by atoms with Gasteiger partial charge in [-0.3, -0.25) is 4.79 Å². The Morgan fingerprint density at radius 2 is 1.26 bits per heavy atom. The predicted octanol–water partition coefficient (Wildman–Crippen LogP) is 4.44. The third-order valence-electron chi connectivity index (χ3n) is 6.78. The molecule has 0 bridgehead atoms. The highest BCUT2D eigenvalue weighted by molar-refractivity contribution is 5.93. The van der Waals surface area contributed by atoms with Crippen molar-refractivity contribution in [3.05, 3.63) is 108 Å². The molecule has 3 aromatic carbocycles. The summed E-state index contributed by atoms with van der Waals surface area (Å²) in [6.45, 7) is 5.71. The highest BCUT2D eigenvalue weighted by Crippen LogP contribution is 2.39. The number of benzene rings is 3. The molecule has 208 valence electrons. The molecule has 0 spiro atoms. The molecule has 3 aromatic rings. The first-order chi connectivity index (χ1) is 18.7. The van der Waals surface area contributed by atoms with Crippen LogP contribution >= 0.6 is 0 Å². The first-order valence-electron chi connectivity index (χ1n) is 13.2. The summed E-state index contributed by atoms with van der Waals surface area (Å²) in [7, 11) is 0. The van der Waals surface area contributed by atoms with Gasteiger partial charge in [-0.05, 0) is 16.7 Å². The van der Waals surface area contributed by atoms with Crippen molar-refractivity contribution in [1.82, 2.24) is 0 Å². The van der Waals surface area contributed by atoms with Gasteiger partial charge in [-0.25, -0.2) is 0 Å². The largest absolute Gasteiger partial charge is 0.375 e. The van der Waals surface area contributed by atoms with Crippen molar-refractivity contribution in [2.45, 2.75) is 70.8 Å². The summed E-state index contributed by atoms with van der Waals surface area (Å²) in [6.07, 6.45) is -4.82. The summed E-state index contributed by atoms with van der Waals surface area (Å²) in [5.41, 5.74) is -0.632. The van der Waals surface area contributed by atoms with Gasteiger partial charge in [0.1, 0.15) is 18.3 Å². The topological polar surface area (TPSA) is 94.5 Å². The number of aliphatic hydroxyl groups excluding tert-OH is 1. The van der Waals surface area contributed by atoms with Crippen molar-refractivity contribution < 1.29 is 34.0 Å². The monoisotopic (exact) mass is 534 g/mol. The van der Waals surface area contributed by atoms with Gasteiger partial charge in [0, 0.05) is 5.41 Å². The Bertz CT molecular complexity index is 1160. The fourth-order valence-electron chi connectivity index (χ4n) is 4.72. The third-order valence-corrected chi connectivity index (χ3v) is 6.78. The minimum Gasteiger partial charge on any atom is -0.375 e. The Labute approximate surface area is 230 Å². The zero-order valence-electron chi connectivity index (χ0n) is 22.7. The number of hydrogen-bond acceptors (Lipinski definition) is 7. The van der Waals surface area contributed by atoms with Crippen molar-refractivity contribution >= 4 is 5.78 Å². The smallest absolute Gasteiger partial charge is 0.203 e. The molecule has 2 N–H and O–H groups in total. The van der Waals surface area contributed by atoms with E-state index in [2.05, 4.69) is 0 Å². The van der Waals surface area contributed by atoms with Crippen LogP contribution in [0.25, 0.3) is 0 Å². The molecule has 1 aliphatic heterocycles. The van der Waals surface area contributed by atoms with E-state index >= 15 is 0 Å². The lowest BCUT2D eigenvalue weighted by atomic mass is 9.73. The van der Waals surface area contributed by atoms with Gasteiger partial charge in [-0.15, -0.1) is 0 Å². The van der Waals surface area contributed by atoms with Crippen LogP contribution in [0.5, 0.6) is 0 Å². The third kappa shape index (κ3) is 7.19. The Balaban J connectivity index is 1.64. The van der Waals surface area contributed by atoms with Crippen molar-refractivity contribution in [2.24, 2.45) is 5.41 Å². The summed E-state index contributed by atoms with van der Waals surface area (Å²) in [6, 6.07) is 28.7. The Morgan fingerprint density at radius 3 is 1.74 bits per heavy atom. The van der Waals surface area contributed by atoms with Crippen molar-refractivity contribution in [1.29, 1.82) is 0 Å². The average Bonchev–Trinajstić information content (AvgIpc) is 2.94. The van der Waals surface area contributed by atoms with E-state index in [0.29, 0.717) is 6.61 Å². The average molecular weight is 535 g/mol.